The quantitative estimate of drug-likeness (QED) is 0.148. The number of pyridine rings is 2. The van der Waals surface area contributed by atoms with Gasteiger partial charge in [0.15, 0.2) is 11.8 Å². The Labute approximate surface area is 241 Å². The van der Waals surface area contributed by atoms with Crippen LogP contribution in [0.2, 0.25) is 0 Å². The number of rotatable bonds is 7. The number of hydrogen-bond acceptors (Lipinski definition) is 8. The number of ether oxygens (including phenoxy) is 2. The largest absolute Gasteiger partial charge is 0.458 e. The van der Waals surface area contributed by atoms with Gasteiger partial charge in [0.1, 0.15) is 19.5 Å². The van der Waals surface area contributed by atoms with Gasteiger partial charge in [-0.2, -0.15) is 4.58 Å². The van der Waals surface area contributed by atoms with Crippen molar-refractivity contribution in [1.82, 2.24) is 9.55 Å². The molecule has 11 heteroatoms. The van der Waals surface area contributed by atoms with E-state index in [1.54, 1.807) is 36.1 Å². The average molecular weight is 579 g/mol. The van der Waals surface area contributed by atoms with Crippen molar-refractivity contribution in [3.8, 4) is 11.4 Å². The molecular formula is C31H33FN3O7+. The summed E-state index contributed by atoms with van der Waals surface area (Å²) in [5.41, 5.74) is 2.65. The Morgan fingerprint density at radius 1 is 1.29 bits per heavy atom. The van der Waals surface area contributed by atoms with Crippen molar-refractivity contribution in [2.75, 3.05) is 26.9 Å². The van der Waals surface area contributed by atoms with Crippen molar-refractivity contribution < 1.29 is 38.2 Å². The van der Waals surface area contributed by atoms with Crippen LogP contribution < -0.4 is 5.56 Å². The van der Waals surface area contributed by atoms with Crippen molar-refractivity contribution in [1.29, 1.82) is 0 Å². The Morgan fingerprint density at radius 3 is 2.81 bits per heavy atom. The Bertz CT molecular complexity index is 1760. The topological polar surface area (TPSA) is 131 Å². The predicted molar refractivity (Wildman–Crippen MR) is 150 cm³/mol. The molecule has 3 aliphatic rings. The highest BCUT2D eigenvalue weighted by Crippen LogP contribution is 2.46. The van der Waals surface area contributed by atoms with Crippen LogP contribution >= 0.6 is 0 Å². The number of nitrogens with zero attached hydrogens (tertiary/aromatic N) is 3. The third kappa shape index (κ3) is 4.21. The molecule has 2 atom stereocenters. The summed E-state index contributed by atoms with van der Waals surface area (Å²) in [5, 5.41) is 21.0. The average Bonchev–Trinajstić information content (AvgIpc) is 3.35. The van der Waals surface area contributed by atoms with Gasteiger partial charge in [0.2, 0.25) is 0 Å². The standard InChI is InChI=1S/C31H33FN3O7/c1-4-31(40)21-11-24-28-19(14-35(24)29(38)20(21)15-42-30(31)39)26-17(13-34(3)25(37)7-9-41-10-8-36)5-6-18-16(2)22(32)12-23(33-28)27(18)26/h11-13,17,36,40H,4-10,14-15H2,1-3H3/q+1/t17?,31-/m0/s1. The summed E-state index contributed by atoms with van der Waals surface area (Å²) >= 11 is 0. The lowest BCUT2D eigenvalue weighted by Crippen LogP contribution is -2.44. The molecular weight excluding hydrogens is 545 g/mol. The Hall–Kier alpha value is -3.80. The molecule has 1 amide bonds. The summed E-state index contributed by atoms with van der Waals surface area (Å²) in [5.74, 6) is -1.52. The number of aliphatic hydroxyl groups excluding tert-OH is 1. The van der Waals surface area contributed by atoms with Crippen molar-refractivity contribution in [2.45, 2.75) is 64.2 Å². The molecule has 1 unspecified atom stereocenters. The van der Waals surface area contributed by atoms with Gasteiger partial charge in [0.25, 0.3) is 5.56 Å². The third-order valence-corrected chi connectivity index (χ3v) is 8.92. The zero-order chi connectivity index (χ0) is 29.9. The number of benzene rings is 1. The summed E-state index contributed by atoms with van der Waals surface area (Å²) in [7, 11) is 1.69. The molecule has 6 rings (SSSR count). The van der Waals surface area contributed by atoms with Gasteiger partial charge >= 0.3 is 11.9 Å². The van der Waals surface area contributed by atoms with Crippen LogP contribution in [0.3, 0.4) is 0 Å². The predicted octanol–water partition coefficient (Wildman–Crippen LogP) is 2.20. The monoisotopic (exact) mass is 578 g/mol. The lowest BCUT2D eigenvalue weighted by Gasteiger charge is -2.31. The number of aromatic nitrogens is 2. The van der Waals surface area contributed by atoms with Gasteiger partial charge in [0.05, 0.1) is 61.2 Å². The van der Waals surface area contributed by atoms with E-state index in [1.807, 2.05) is 6.21 Å². The second-order valence-electron chi connectivity index (χ2n) is 11.2. The van der Waals surface area contributed by atoms with E-state index < -0.39 is 11.6 Å². The lowest BCUT2D eigenvalue weighted by molar-refractivity contribution is -0.416. The van der Waals surface area contributed by atoms with Gasteiger partial charge in [0, 0.05) is 22.6 Å². The number of amides is 1. The zero-order valence-electron chi connectivity index (χ0n) is 23.8. The number of aryl methyl sites for hydroxylation is 1. The van der Waals surface area contributed by atoms with Crippen LogP contribution in [0, 0.1) is 12.7 Å². The highest BCUT2D eigenvalue weighted by molar-refractivity contribution is 5.96. The molecule has 2 N–H and O–H groups in total. The van der Waals surface area contributed by atoms with Crippen LogP contribution in [0.5, 0.6) is 0 Å². The molecule has 2 aromatic heterocycles. The molecule has 4 heterocycles. The minimum Gasteiger partial charge on any atom is -0.458 e. The molecule has 0 bridgehead atoms. The summed E-state index contributed by atoms with van der Waals surface area (Å²) in [6, 6.07) is 3.06. The second kappa shape index (κ2) is 10.5. The summed E-state index contributed by atoms with van der Waals surface area (Å²) in [6.07, 6.45) is 3.27. The third-order valence-electron chi connectivity index (χ3n) is 8.92. The molecule has 0 saturated heterocycles. The Balaban J connectivity index is 1.53. The smallest absolute Gasteiger partial charge is 0.388 e. The van der Waals surface area contributed by atoms with Crippen LogP contribution in [-0.2, 0) is 44.2 Å². The van der Waals surface area contributed by atoms with Crippen LogP contribution in [-0.4, -0.2) is 69.3 Å². The number of cyclic esters (lactones) is 1. The Morgan fingerprint density at radius 2 is 2.07 bits per heavy atom. The van der Waals surface area contributed by atoms with E-state index in [9.17, 15) is 19.5 Å². The summed E-state index contributed by atoms with van der Waals surface area (Å²) in [6.45, 7) is 3.62. The van der Waals surface area contributed by atoms with Crippen LogP contribution in [0.25, 0.3) is 22.3 Å². The van der Waals surface area contributed by atoms with Gasteiger partial charge < -0.3 is 24.3 Å². The Kier molecular flexibility index (Phi) is 7.07. The summed E-state index contributed by atoms with van der Waals surface area (Å²) < 4.78 is 28.7. The van der Waals surface area contributed by atoms with Gasteiger partial charge in [-0.1, -0.05) is 6.92 Å². The van der Waals surface area contributed by atoms with E-state index in [0.29, 0.717) is 35.3 Å². The molecule has 1 aliphatic carbocycles. The minimum atomic E-state index is -1.95. The number of hydrogen-bond donors (Lipinski definition) is 2. The van der Waals surface area contributed by atoms with Crippen molar-refractivity contribution in [3.63, 3.8) is 0 Å². The number of esters is 1. The maximum absolute atomic E-state index is 15.1. The fraction of sp³-hybridized carbons (Fsp3) is 0.452. The number of fused-ring (bicyclic) bond motifs is 5. The van der Waals surface area contributed by atoms with E-state index in [-0.39, 0.29) is 80.1 Å². The maximum atomic E-state index is 15.1. The van der Waals surface area contributed by atoms with Gasteiger partial charge in [-0.3, -0.25) is 4.79 Å². The van der Waals surface area contributed by atoms with E-state index in [0.717, 1.165) is 22.1 Å². The second-order valence-corrected chi connectivity index (χ2v) is 11.2. The lowest BCUT2D eigenvalue weighted by atomic mass is 9.78. The number of aliphatic hydroxyl groups is 2. The van der Waals surface area contributed by atoms with Gasteiger partial charge in [-0.05, 0) is 48.9 Å². The van der Waals surface area contributed by atoms with E-state index in [2.05, 4.69) is 0 Å². The van der Waals surface area contributed by atoms with Gasteiger partial charge in [-0.15, -0.1) is 0 Å². The first kappa shape index (κ1) is 28.3. The molecule has 2 aliphatic heterocycles. The van der Waals surface area contributed by atoms with Crippen LogP contribution in [0.1, 0.15) is 65.5 Å². The molecule has 0 saturated carbocycles. The first-order chi connectivity index (χ1) is 20.1. The number of carbonyl (C=O) groups excluding carboxylic acids is 2. The fourth-order valence-corrected chi connectivity index (χ4v) is 6.60. The molecule has 0 radical (unpaired) electrons. The highest BCUT2D eigenvalue weighted by Gasteiger charge is 2.46. The molecule has 0 spiro atoms. The van der Waals surface area contributed by atoms with Crippen molar-refractivity contribution >= 4 is 29.0 Å². The minimum absolute atomic E-state index is 0.0290. The number of carbonyl (C=O) groups is 2. The first-order valence-electron chi connectivity index (χ1n) is 14.2. The van der Waals surface area contributed by atoms with Crippen LogP contribution in [0.15, 0.2) is 16.9 Å². The number of halogens is 1. The van der Waals surface area contributed by atoms with Crippen molar-refractivity contribution in [2.24, 2.45) is 0 Å². The fourth-order valence-electron chi connectivity index (χ4n) is 6.60. The van der Waals surface area contributed by atoms with E-state index in [1.165, 1.54) is 6.07 Å². The molecule has 42 heavy (non-hydrogen) atoms. The molecule has 1 aromatic carbocycles. The molecule has 10 nitrogen and oxygen atoms in total. The van der Waals surface area contributed by atoms with Crippen molar-refractivity contribution in [3.05, 3.63) is 61.7 Å². The first-order valence-corrected chi connectivity index (χ1v) is 14.2. The zero-order valence-corrected chi connectivity index (χ0v) is 23.8. The van der Waals surface area contributed by atoms with E-state index in [4.69, 9.17) is 19.6 Å². The molecule has 3 aromatic rings. The molecule has 220 valence electrons. The van der Waals surface area contributed by atoms with Crippen LogP contribution in [0.4, 0.5) is 4.39 Å². The SMILES string of the molecule is CC[C@@]1(O)C(=O)OCc2c1cc1n(c2=O)Cc2c-1nc1cc(F)c(C)c3c1c2C(C=[N+](C)C(=O)CCOCCO)CC3. The summed E-state index contributed by atoms with van der Waals surface area (Å²) in [4.78, 5) is 44.0. The normalized spacial score (nSPS) is 20.8. The maximum Gasteiger partial charge on any atom is 0.388 e. The van der Waals surface area contributed by atoms with Gasteiger partial charge in [-0.25, -0.2) is 19.0 Å². The highest BCUT2D eigenvalue weighted by atomic mass is 19.1. The van der Waals surface area contributed by atoms with E-state index >= 15 is 4.39 Å². The molecule has 0 fully saturated rings.